The summed E-state index contributed by atoms with van der Waals surface area (Å²) in [5.41, 5.74) is 2.24. The van der Waals surface area contributed by atoms with E-state index >= 15 is 0 Å². The number of carbonyl (C=O) groups excluding carboxylic acids is 2. The summed E-state index contributed by atoms with van der Waals surface area (Å²) >= 11 is 0. The number of nitrogens with zero attached hydrogens (tertiary/aromatic N) is 2. The Hall–Kier alpha value is -4.26. The van der Waals surface area contributed by atoms with Crippen LogP contribution in [0.1, 0.15) is 30.9 Å². The second-order valence-corrected chi connectivity index (χ2v) is 7.96. The van der Waals surface area contributed by atoms with E-state index in [0.29, 0.717) is 22.9 Å². The topological polar surface area (TPSA) is 87.6 Å². The number of hydrogen-bond donors (Lipinski definition) is 0. The van der Waals surface area contributed by atoms with Crippen molar-refractivity contribution in [3.8, 4) is 17.4 Å². The molecule has 0 saturated heterocycles. The van der Waals surface area contributed by atoms with Crippen molar-refractivity contribution in [2.45, 2.75) is 19.8 Å². The van der Waals surface area contributed by atoms with E-state index in [2.05, 4.69) is 9.97 Å². The van der Waals surface area contributed by atoms with Gasteiger partial charge in [-0.1, -0.05) is 30.3 Å². The van der Waals surface area contributed by atoms with Crippen LogP contribution in [0.15, 0.2) is 79.1 Å². The maximum absolute atomic E-state index is 13.0. The highest BCUT2D eigenvalue weighted by Gasteiger charge is 2.36. The maximum Gasteiger partial charge on any atom is 0.317 e. The molecule has 0 saturated carbocycles. The SMILES string of the molecule is CCOC(=O)C(C(C)=O)C(c1ccc(Oc2ccccn2)c(OC)c1)c1cnc2ccccc2c1. The van der Waals surface area contributed by atoms with Crippen LogP contribution in [-0.4, -0.2) is 35.4 Å². The summed E-state index contributed by atoms with van der Waals surface area (Å²) in [6.45, 7) is 3.29. The molecule has 178 valence electrons. The fraction of sp³-hybridized carbons (Fsp3) is 0.214. The van der Waals surface area contributed by atoms with Crippen LogP contribution >= 0.6 is 0 Å². The van der Waals surface area contributed by atoms with Crippen molar-refractivity contribution in [2.24, 2.45) is 5.92 Å². The molecule has 7 heteroatoms. The summed E-state index contributed by atoms with van der Waals surface area (Å²) in [5.74, 6) is -1.24. The number of Topliss-reactive ketones (excluding diaryl/α,β-unsaturated/α-hetero) is 1. The lowest BCUT2D eigenvalue weighted by Crippen LogP contribution is -2.31. The molecule has 0 amide bonds. The Morgan fingerprint density at radius 3 is 2.43 bits per heavy atom. The highest BCUT2D eigenvalue weighted by molar-refractivity contribution is 5.99. The van der Waals surface area contributed by atoms with Crippen molar-refractivity contribution in [2.75, 3.05) is 13.7 Å². The molecule has 0 N–H and O–H groups in total. The molecule has 0 aliphatic rings. The summed E-state index contributed by atoms with van der Waals surface area (Å²) in [4.78, 5) is 34.5. The number of benzene rings is 2. The first-order valence-corrected chi connectivity index (χ1v) is 11.3. The predicted molar refractivity (Wildman–Crippen MR) is 132 cm³/mol. The Labute approximate surface area is 203 Å². The zero-order valence-corrected chi connectivity index (χ0v) is 19.8. The minimum atomic E-state index is -1.05. The molecule has 4 aromatic rings. The molecule has 0 radical (unpaired) electrons. The van der Waals surface area contributed by atoms with Crippen molar-refractivity contribution in [1.29, 1.82) is 0 Å². The highest BCUT2D eigenvalue weighted by Crippen LogP contribution is 2.39. The minimum absolute atomic E-state index is 0.172. The van der Waals surface area contributed by atoms with Gasteiger partial charge >= 0.3 is 5.97 Å². The molecule has 2 aromatic carbocycles. The van der Waals surface area contributed by atoms with E-state index < -0.39 is 17.8 Å². The Kier molecular flexibility index (Phi) is 7.35. The number of esters is 1. The molecule has 2 aromatic heterocycles. The van der Waals surface area contributed by atoms with E-state index in [-0.39, 0.29) is 12.4 Å². The number of hydrogen-bond acceptors (Lipinski definition) is 7. The van der Waals surface area contributed by atoms with Crippen LogP contribution in [-0.2, 0) is 14.3 Å². The Balaban J connectivity index is 1.83. The Bertz CT molecular complexity index is 1340. The monoisotopic (exact) mass is 470 g/mol. The zero-order chi connectivity index (χ0) is 24.8. The molecule has 7 nitrogen and oxygen atoms in total. The van der Waals surface area contributed by atoms with Gasteiger partial charge in [-0.2, -0.15) is 0 Å². The van der Waals surface area contributed by atoms with Crippen molar-refractivity contribution in [3.63, 3.8) is 0 Å². The number of carbonyl (C=O) groups is 2. The lowest BCUT2D eigenvalue weighted by atomic mass is 9.79. The van der Waals surface area contributed by atoms with Gasteiger partial charge in [0.25, 0.3) is 0 Å². The number of ketones is 1. The van der Waals surface area contributed by atoms with Crippen LogP contribution in [0.3, 0.4) is 0 Å². The fourth-order valence-corrected chi connectivity index (χ4v) is 4.09. The largest absolute Gasteiger partial charge is 0.493 e. The van der Waals surface area contributed by atoms with Crippen molar-refractivity contribution < 1.29 is 23.8 Å². The third-order valence-corrected chi connectivity index (χ3v) is 5.68. The van der Waals surface area contributed by atoms with Gasteiger partial charge in [0.1, 0.15) is 11.7 Å². The van der Waals surface area contributed by atoms with Crippen molar-refractivity contribution in [3.05, 3.63) is 90.3 Å². The second kappa shape index (κ2) is 10.8. The number of para-hydroxylation sites is 1. The smallest absolute Gasteiger partial charge is 0.317 e. The number of methoxy groups -OCH3 is 1. The summed E-state index contributed by atoms with van der Waals surface area (Å²) in [7, 11) is 1.53. The Morgan fingerprint density at radius 1 is 0.914 bits per heavy atom. The average molecular weight is 471 g/mol. The number of rotatable bonds is 9. The molecule has 2 heterocycles. The van der Waals surface area contributed by atoms with Gasteiger partial charge in [0, 0.05) is 29.8 Å². The van der Waals surface area contributed by atoms with Crippen molar-refractivity contribution >= 4 is 22.7 Å². The lowest BCUT2D eigenvalue weighted by molar-refractivity contribution is -0.151. The van der Waals surface area contributed by atoms with Gasteiger partial charge in [-0.3, -0.25) is 14.6 Å². The minimum Gasteiger partial charge on any atom is -0.493 e. The second-order valence-electron chi connectivity index (χ2n) is 7.96. The number of pyridine rings is 2. The van der Waals surface area contributed by atoms with E-state index in [9.17, 15) is 9.59 Å². The van der Waals surface area contributed by atoms with E-state index in [0.717, 1.165) is 16.5 Å². The van der Waals surface area contributed by atoms with Gasteiger partial charge in [-0.25, -0.2) is 4.98 Å². The molecular formula is C28H26N2O5. The zero-order valence-electron chi connectivity index (χ0n) is 19.8. The van der Waals surface area contributed by atoms with Crippen LogP contribution in [0, 0.1) is 5.92 Å². The summed E-state index contributed by atoms with van der Waals surface area (Å²) in [6.07, 6.45) is 3.34. The van der Waals surface area contributed by atoms with Crippen LogP contribution in [0.25, 0.3) is 10.9 Å². The van der Waals surface area contributed by atoms with Crippen LogP contribution < -0.4 is 9.47 Å². The molecule has 2 atom stereocenters. The lowest BCUT2D eigenvalue weighted by Gasteiger charge is -2.25. The van der Waals surface area contributed by atoms with Gasteiger partial charge in [0.05, 0.1) is 19.2 Å². The molecule has 4 rings (SSSR count). The van der Waals surface area contributed by atoms with Gasteiger partial charge in [-0.05, 0) is 55.3 Å². The number of ether oxygens (including phenoxy) is 3. The molecule has 0 aliphatic carbocycles. The molecule has 0 aliphatic heterocycles. The molecule has 0 spiro atoms. The molecule has 35 heavy (non-hydrogen) atoms. The van der Waals surface area contributed by atoms with Crippen LogP contribution in [0.4, 0.5) is 0 Å². The van der Waals surface area contributed by atoms with Gasteiger partial charge in [0.15, 0.2) is 11.5 Å². The fourth-order valence-electron chi connectivity index (χ4n) is 4.09. The number of fused-ring (bicyclic) bond motifs is 1. The third-order valence-electron chi connectivity index (χ3n) is 5.68. The van der Waals surface area contributed by atoms with E-state index in [1.807, 2.05) is 42.5 Å². The first kappa shape index (κ1) is 23.9. The first-order valence-electron chi connectivity index (χ1n) is 11.3. The Morgan fingerprint density at radius 2 is 1.71 bits per heavy atom. The van der Waals surface area contributed by atoms with Crippen LogP contribution in [0.5, 0.6) is 17.4 Å². The highest BCUT2D eigenvalue weighted by atomic mass is 16.5. The van der Waals surface area contributed by atoms with Gasteiger partial charge < -0.3 is 14.2 Å². The molecule has 2 unspecified atom stereocenters. The predicted octanol–water partition coefficient (Wildman–Crippen LogP) is 5.33. The first-order chi connectivity index (χ1) is 17.0. The quantitative estimate of drug-likeness (QED) is 0.241. The molecule has 0 fully saturated rings. The summed E-state index contributed by atoms with van der Waals surface area (Å²) < 4.78 is 16.8. The van der Waals surface area contributed by atoms with E-state index in [4.69, 9.17) is 14.2 Å². The normalized spacial score (nSPS) is 12.5. The molecular weight excluding hydrogens is 444 g/mol. The van der Waals surface area contributed by atoms with E-state index in [1.54, 1.807) is 43.6 Å². The maximum atomic E-state index is 13.0. The standard InChI is InChI=1S/C28H26N2O5/c1-4-34-28(32)26(18(2)31)27(21-15-19-9-5-6-10-22(19)30-17-21)20-12-13-23(24(16-20)33-3)35-25-11-7-8-14-29-25/h5-17,26-27H,4H2,1-3H3. The van der Waals surface area contributed by atoms with Crippen LogP contribution in [0.2, 0.25) is 0 Å². The summed E-state index contributed by atoms with van der Waals surface area (Å²) in [5, 5.41) is 0.906. The van der Waals surface area contributed by atoms with Crippen molar-refractivity contribution in [1.82, 2.24) is 9.97 Å². The molecule has 0 bridgehead atoms. The van der Waals surface area contributed by atoms with E-state index in [1.165, 1.54) is 14.0 Å². The number of aromatic nitrogens is 2. The average Bonchev–Trinajstić information content (AvgIpc) is 2.87. The van der Waals surface area contributed by atoms with Gasteiger partial charge in [-0.15, -0.1) is 0 Å². The summed E-state index contributed by atoms with van der Waals surface area (Å²) in [6, 6.07) is 20.3. The van der Waals surface area contributed by atoms with Gasteiger partial charge in [0.2, 0.25) is 5.88 Å². The third kappa shape index (κ3) is 5.30.